The van der Waals surface area contributed by atoms with Gasteiger partial charge in [-0.05, 0) is 0 Å². The van der Waals surface area contributed by atoms with Gasteiger partial charge in [-0.1, -0.05) is 0 Å². The smallest absolute Gasteiger partial charge is 0 e. The van der Waals surface area contributed by atoms with E-state index in [2.05, 4.69) is 0 Å². The van der Waals surface area contributed by atoms with Gasteiger partial charge in [-0.3, -0.25) is 0 Å². The van der Waals surface area contributed by atoms with Gasteiger partial charge < -0.3 is 10.2 Å². The Labute approximate surface area is 93.0 Å². The van der Waals surface area contributed by atoms with Gasteiger partial charge in [0, 0.05) is 22.4 Å². The van der Waals surface area contributed by atoms with Gasteiger partial charge in [0.25, 0.3) is 0 Å². The minimum Gasteiger partial charge on any atom is 0 e. The molecule has 3 nitrogen and oxygen atoms in total. The van der Waals surface area contributed by atoms with Crippen molar-refractivity contribution in [2.75, 3.05) is 0 Å². The minimum absolute atomic E-state index is 0. The number of hydrogen-bond donors (Lipinski definition) is 2. The van der Waals surface area contributed by atoms with Gasteiger partial charge in [-0.25, -0.2) is 4.79 Å². The third-order valence-corrected chi connectivity index (χ3v) is 0. The molecule has 6 heavy (non-hydrogen) atoms. The van der Waals surface area contributed by atoms with Gasteiger partial charge in [0.15, 0.2) is 0 Å². The summed E-state index contributed by atoms with van der Waals surface area (Å²) in [6.07, 6.45) is -1.83. The summed E-state index contributed by atoms with van der Waals surface area (Å²) in [7, 11) is 0. The molecule has 0 atom stereocenters. The van der Waals surface area contributed by atoms with E-state index in [0.717, 1.165) is 0 Å². The first kappa shape index (κ1) is 15.6. The van der Waals surface area contributed by atoms with E-state index in [4.69, 9.17) is 15.0 Å². The topological polar surface area (TPSA) is 57.5 Å². The molecule has 0 bridgehead atoms. The predicted molar refractivity (Wildman–Crippen MR) is 17.8 cm³/mol. The van der Waals surface area contributed by atoms with Crippen LogP contribution in [0.2, 0.25) is 0 Å². The van der Waals surface area contributed by atoms with E-state index in [1.54, 1.807) is 0 Å². The van der Waals surface area contributed by atoms with Crippen LogP contribution in [0.25, 0.3) is 0 Å². The summed E-state index contributed by atoms with van der Waals surface area (Å²) < 4.78 is 0. The Morgan fingerprint density at radius 3 is 1.33 bits per heavy atom. The predicted octanol–water partition coefficient (Wildman–Crippen LogP) is -0.429. The average Bonchev–Trinajstić information content (AvgIpc) is 0.811. The Balaban J connectivity index is -0.0000000450. The van der Waals surface area contributed by atoms with E-state index in [1.807, 2.05) is 0 Å². The molecule has 0 rings (SSSR count). The zero-order valence-electron chi connectivity index (χ0n) is 2.25. The van der Waals surface area contributed by atoms with E-state index >= 15 is 0 Å². The SMILES string of the molecule is O=C(O)O.[KH].[Nb]. The Morgan fingerprint density at radius 1 is 1.33 bits per heavy atom. The van der Waals surface area contributed by atoms with E-state index < -0.39 is 6.16 Å². The van der Waals surface area contributed by atoms with Crippen molar-refractivity contribution in [1.82, 2.24) is 0 Å². The van der Waals surface area contributed by atoms with Crippen molar-refractivity contribution in [3.63, 3.8) is 0 Å². The molecule has 0 saturated carbocycles. The van der Waals surface area contributed by atoms with Crippen molar-refractivity contribution in [2.45, 2.75) is 0 Å². The molecule has 0 heterocycles. The monoisotopic (exact) mass is 195 g/mol. The molecule has 0 amide bonds. The molecule has 0 aromatic heterocycles. The molecule has 2 N–H and O–H groups in total. The molecule has 0 aromatic rings. The fourth-order valence-corrected chi connectivity index (χ4v) is 0. The van der Waals surface area contributed by atoms with Crippen molar-refractivity contribution < 1.29 is 37.4 Å². The quantitative estimate of drug-likeness (QED) is 0.515. The number of rotatable bonds is 0. The summed E-state index contributed by atoms with van der Waals surface area (Å²) in [5, 5.41) is 13.9. The third kappa shape index (κ3) is 45.0. The van der Waals surface area contributed by atoms with Crippen LogP contribution in [0.1, 0.15) is 0 Å². The standard InChI is InChI=1S/CH2O3.K.Nb.H/c2-1(3)4;;;/h(H2,2,3,4);;;. The first-order chi connectivity index (χ1) is 1.73. The molecule has 0 aliphatic carbocycles. The van der Waals surface area contributed by atoms with Gasteiger partial charge in [-0.15, -0.1) is 0 Å². The van der Waals surface area contributed by atoms with E-state index in [0.29, 0.717) is 0 Å². The molecule has 0 saturated heterocycles. The largest absolute Gasteiger partial charge is 0 e. The van der Waals surface area contributed by atoms with E-state index in [9.17, 15) is 0 Å². The Hall–Kier alpha value is 1.65. The molecule has 0 aliphatic heterocycles. The van der Waals surface area contributed by atoms with Crippen LogP contribution in [0.3, 0.4) is 0 Å². The zero-order valence-corrected chi connectivity index (χ0v) is 4.45. The molecular weight excluding hydrogens is 192 g/mol. The fourth-order valence-electron chi connectivity index (χ4n) is 0. The maximum Gasteiger partial charge on any atom is 0 e. The summed E-state index contributed by atoms with van der Waals surface area (Å²) in [6, 6.07) is 0. The summed E-state index contributed by atoms with van der Waals surface area (Å²) in [6.45, 7) is 0. The van der Waals surface area contributed by atoms with Crippen molar-refractivity contribution in [1.29, 1.82) is 0 Å². The fraction of sp³-hybridized carbons (Fsp3) is 0. The van der Waals surface area contributed by atoms with Crippen LogP contribution in [-0.4, -0.2) is 67.8 Å². The molecule has 1 radical (unpaired) electrons. The molecule has 0 spiro atoms. The summed E-state index contributed by atoms with van der Waals surface area (Å²) in [5.41, 5.74) is 0. The summed E-state index contributed by atoms with van der Waals surface area (Å²) in [5.74, 6) is 0. The molecule has 31 valence electrons. The average molecular weight is 195 g/mol. The van der Waals surface area contributed by atoms with Crippen LogP contribution >= 0.6 is 0 Å². The van der Waals surface area contributed by atoms with Gasteiger partial charge in [-0.2, -0.15) is 0 Å². The Morgan fingerprint density at radius 2 is 1.33 bits per heavy atom. The van der Waals surface area contributed by atoms with Crippen molar-refractivity contribution in [3.05, 3.63) is 0 Å². The van der Waals surface area contributed by atoms with Gasteiger partial charge in [0.05, 0.1) is 0 Å². The molecule has 0 unspecified atom stereocenters. The second-order valence-corrected chi connectivity index (χ2v) is 0.283. The van der Waals surface area contributed by atoms with Crippen LogP contribution in [0.5, 0.6) is 0 Å². The summed E-state index contributed by atoms with van der Waals surface area (Å²) >= 11 is 0. The van der Waals surface area contributed by atoms with Crippen LogP contribution in [0, 0.1) is 0 Å². The first-order valence-electron chi connectivity index (χ1n) is 0.651. The second-order valence-electron chi connectivity index (χ2n) is 0.283. The second kappa shape index (κ2) is 9.82. The maximum atomic E-state index is 8.56. The third-order valence-electron chi connectivity index (χ3n) is 0. The first-order valence-corrected chi connectivity index (χ1v) is 0.651. The van der Waals surface area contributed by atoms with E-state index in [-0.39, 0.29) is 73.8 Å². The zero-order chi connectivity index (χ0) is 3.58. The normalized spacial score (nSPS) is 4.00. The Kier molecular flexibility index (Phi) is 25.6. The van der Waals surface area contributed by atoms with Crippen LogP contribution < -0.4 is 0 Å². The van der Waals surface area contributed by atoms with Crippen LogP contribution in [0.15, 0.2) is 0 Å². The van der Waals surface area contributed by atoms with Gasteiger partial charge in [0.1, 0.15) is 0 Å². The molecular formula is CH3KNbO3. The minimum atomic E-state index is -1.83. The molecule has 0 aromatic carbocycles. The number of hydrogen-bond acceptors (Lipinski definition) is 1. The van der Waals surface area contributed by atoms with Gasteiger partial charge >= 0.3 is 57.5 Å². The van der Waals surface area contributed by atoms with Gasteiger partial charge in [0.2, 0.25) is 0 Å². The van der Waals surface area contributed by atoms with E-state index in [1.165, 1.54) is 0 Å². The van der Waals surface area contributed by atoms with Crippen LogP contribution in [-0.2, 0) is 22.4 Å². The maximum absolute atomic E-state index is 8.56. The molecule has 0 aliphatic rings. The summed E-state index contributed by atoms with van der Waals surface area (Å²) in [4.78, 5) is 8.56. The number of carboxylic acid groups (broad SMARTS) is 2. The van der Waals surface area contributed by atoms with Crippen molar-refractivity contribution in [3.8, 4) is 0 Å². The number of carbonyl (C=O) groups is 1. The van der Waals surface area contributed by atoms with Crippen molar-refractivity contribution in [2.24, 2.45) is 0 Å². The molecule has 0 fully saturated rings. The Bertz CT molecular complexity index is 33.8. The molecule has 5 heteroatoms. The van der Waals surface area contributed by atoms with Crippen LogP contribution in [0.4, 0.5) is 4.79 Å². The van der Waals surface area contributed by atoms with Crippen molar-refractivity contribution >= 4 is 57.5 Å².